The molecule has 84 valence electrons. The summed E-state index contributed by atoms with van der Waals surface area (Å²) in [5.41, 5.74) is 1.50. The average Bonchev–Trinajstić information content (AvgIpc) is 2.72. The van der Waals surface area contributed by atoms with Crippen molar-refractivity contribution in [3.8, 4) is 10.7 Å². The molecule has 3 rings (SSSR count). The van der Waals surface area contributed by atoms with E-state index < -0.39 is 0 Å². The average molecular weight is 307 g/mol. The van der Waals surface area contributed by atoms with Gasteiger partial charge in [-0.15, -0.1) is 11.3 Å². The molecule has 2 aromatic heterocycles. The van der Waals surface area contributed by atoms with Crippen molar-refractivity contribution >= 4 is 37.5 Å². The zero-order valence-electron chi connectivity index (χ0n) is 8.63. The van der Waals surface area contributed by atoms with Gasteiger partial charge in [-0.2, -0.15) is 4.73 Å². The maximum atomic E-state index is 11.6. The lowest BCUT2D eigenvalue weighted by molar-refractivity contribution is -0.593. The second kappa shape index (κ2) is 4.09. The Balaban J connectivity index is 2.22. The Kier molecular flexibility index (Phi) is 2.57. The molecule has 0 aliphatic carbocycles. The third kappa shape index (κ3) is 1.92. The summed E-state index contributed by atoms with van der Waals surface area (Å²) in [5.74, 6) is 0. The fourth-order valence-electron chi connectivity index (χ4n) is 1.60. The maximum Gasteiger partial charge on any atom is 0.252 e. The number of thiazole rings is 1. The topological polar surface area (TPSA) is 39.8 Å². The fraction of sp³-hybridized carbons (Fsp3) is 0. The van der Waals surface area contributed by atoms with Crippen LogP contribution < -0.4 is 4.73 Å². The van der Waals surface area contributed by atoms with Gasteiger partial charge in [0.15, 0.2) is 11.2 Å². The Morgan fingerprint density at radius 3 is 2.94 bits per heavy atom. The van der Waals surface area contributed by atoms with Gasteiger partial charge in [-0.1, -0.05) is 15.9 Å². The van der Waals surface area contributed by atoms with Gasteiger partial charge in [-0.05, 0) is 24.3 Å². The van der Waals surface area contributed by atoms with Gasteiger partial charge in [0, 0.05) is 16.6 Å². The van der Waals surface area contributed by atoms with Crippen molar-refractivity contribution < 1.29 is 4.73 Å². The molecule has 0 bridgehead atoms. The summed E-state index contributed by atoms with van der Waals surface area (Å²) in [6.45, 7) is 0. The Morgan fingerprint density at radius 1 is 1.24 bits per heavy atom. The summed E-state index contributed by atoms with van der Waals surface area (Å²) in [7, 11) is 0. The lowest BCUT2D eigenvalue weighted by Gasteiger charge is -1.98. The van der Waals surface area contributed by atoms with E-state index in [2.05, 4.69) is 20.9 Å². The molecule has 0 radical (unpaired) electrons. The molecule has 2 heterocycles. The number of hydrogen-bond acceptors (Lipinski definition) is 3. The van der Waals surface area contributed by atoms with E-state index in [9.17, 15) is 5.21 Å². The van der Waals surface area contributed by atoms with E-state index in [0.717, 1.165) is 24.4 Å². The number of pyridine rings is 1. The first-order chi connectivity index (χ1) is 8.24. The van der Waals surface area contributed by atoms with E-state index in [1.54, 1.807) is 12.1 Å². The van der Waals surface area contributed by atoms with Crippen molar-refractivity contribution in [2.24, 2.45) is 0 Å². The summed E-state index contributed by atoms with van der Waals surface area (Å²) in [6, 6.07) is 11.2. The van der Waals surface area contributed by atoms with Crippen LogP contribution >= 0.6 is 27.3 Å². The quantitative estimate of drug-likeness (QED) is 0.511. The van der Waals surface area contributed by atoms with E-state index in [1.807, 2.05) is 24.3 Å². The summed E-state index contributed by atoms with van der Waals surface area (Å²) in [6.07, 6.45) is 1.48. The molecule has 0 amide bonds. The van der Waals surface area contributed by atoms with Crippen LogP contribution in [0.4, 0.5) is 0 Å². The predicted molar refractivity (Wildman–Crippen MR) is 71.7 cm³/mol. The number of hydrogen-bond donors (Lipinski definition) is 0. The number of rotatable bonds is 1. The minimum atomic E-state index is 0.588. The molecule has 0 aliphatic heterocycles. The third-order valence-corrected chi connectivity index (χ3v) is 3.93. The Labute approximate surface area is 110 Å². The lowest BCUT2D eigenvalue weighted by Crippen LogP contribution is -2.27. The zero-order valence-corrected chi connectivity index (χ0v) is 11.0. The van der Waals surface area contributed by atoms with E-state index in [-0.39, 0.29) is 0 Å². The van der Waals surface area contributed by atoms with E-state index in [0.29, 0.717) is 5.69 Å². The number of aromatic nitrogens is 2. The molecule has 1 aromatic carbocycles. The molecule has 0 fully saturated rings. The first-order valence-corrected chi connectivity index (χ1v) is 6.60. The summed E-state index contributed by atoms with van der Waals surface area (Å²) < 4.78 is 2.92. The highest BCUT2D eigenvalue weighted by molar-refractivity contribution is 9.10. The number of nitrogens with zero attached hydrogens (tertiary/aromatic N) is 2. The molecule has 0 unspecified atom stereocenters. The van der Waals surface area contributed by atoms with Crippen LogP contribution in [0.1, 0.15) is 0 Å². The van der Waals surface area contributed by atoms with Gasteiger partial charge in [0.1, 0.15) is 0 Å². The van der Waals surface area contributed by atoms with Crippen molar-refractivity contribution in [3.05, 3.63) is 52.3 Å². The number of fused-ring (bicyclic) bond motifs is 1. The highest BCUT2D eigenvalue weighted by Gasteiger charge is 2.13. The van der Waals surface area contributed by atoms with Crippen LogP contribution in [-0.4, -0.2) is 4.98 Å². The van der Waals surface area contributed by atoms with Crippen LogP contribution in [0.2, 0.25) is 0 Å². The van der Waals surface area contributed by atoms with Crippen molar-refractivity contribution in [2.45, 2.75) is 0 Å². The molecule has 5 heteroatoms. The standard InChI is InChI=1S/C12H7BrN2OS/c13-8-4-5-9-11(7-8)17-12(14-9)10-3-1-2-6-15(10)16/h1-7H. The monoisotopic (exact) mass is 306 g/mol. The molecule has 0 atom stereocenters. The SMILES string of the molecule is [O-][n+]1ccccc1-c1nc2ccc(Br)cc2s1. The molecule has 0 saturated heterocycles. The van der Waals surface area contributed by atoms with Crippen molar-refractivity contribution in [2.75, 3.05) is 0 Å². The molecule has 0 aliphatic rings. The summed E-state index contributed by atoms with van der Waals surface area (Å²) in [4.78, 5) is 4.46. The van der Waals surface area contributed by atoms with Crippen molar-refractivity contribution in [3.63, 3.8) is 0 Å². The highest BCUT2D eigenvalue weighted by atomic mass is 79.9. The van der Waals surface area contributed by atoms with Gasteiger partial charge >= 0.3 is 0 Å². The van der Waals surface area contributed by atoms with Gasteiger partial charge in [0.2, 0.25) is 0 Å². The smallest absolute Gasteiger partial charge is 0.252 e. The molecular weight excluding hydrogens is 300 g/mol. The lowest BCUT2D eigenvalue weighted by atomic mass is 10.3. The van der Waals surface area contributed by atoms with Crippen LogP contribution in [-0.2, 0) is 0 Å². The minimum Gasteiger partial charge on any atom is -0.618 e. The van der Waals surface area contributed by atoms with Gasteiger partial charge in [-0.25, -0.2) is 4.98 Å². The molecule has 0 spiro atoms. The van der Waals surface area contributed by atoms with Crippen molar-refractivity contribution in [1.29, 1.82) is 0 Å². The summed E-state index contributed by atoms with van der Waals surface area (Å²) >= 11 is 4.94. The van der Waals surface area contributed by atoms with Gasteiger partial charge in [0.05, 0.1) is 10.2 Å². The largest absolute Gasteiger partial charge is 0.618 e. The minimum absolute atomic E-state index is 0.588. The number of benzene rings is 1. The Bertz CT molecular complexity index is 696. The molecular formula is C12H7BrN2OS. The van der Waals surface area contributed by atoms with Crippen LogP contribution in [0.5, 0.6) is 0 Å². The Morgan fingerprint density at radius 2 is 2.12 bits per heavy atom. The predicted octanol–water partition coefficient (Wildman–Crippen LogP) is 3.36. The first-order valence-electron chi connectivity index (χ1n) is 4.99. The fourth-order valence-corrected chi connectivity index (χ4v) is 3.13. The molecule has 0 saturated carbocycles. The Hall–Kier alpha value is -1.46. The molecule has 0 N–H and O–H groups in total. The van der Waals surface area contributed by atoms with Gasteiger partial charge in [0.25, 0.3) is 5.69 Å². The van der Waals surface area contributed by atoms with Crippen LogP contribution in [0.3, 0.4) is 0 Å². The molecule has 3 aromatic rings. The molecule has 17 heavy (non-hydrogen) atoms. The summed E-state index contributed by atoms with van der Waals surface area (Å²) in [5, 5.41) is 12.4. The van der Waals surface area contributed by atoms with Crippen molar-refractivity contribution in [1.82, 2.24) is 4.98 Å². The van der Waals surface area contributed by atoms with Gasteiger partial charge < -0.3 is 5.21 Å². The normalized spacial score (nSPS) is 10.9. The second-order valence-electron chi connectivity index (χ2n) is 3.54. The van der Waals surface area contributed by atoms with E-state index >= 15 is 0 Å². The van der Waals surface area contributed by atoms with E-state index in [1.165, 1.54) is 17.5 Å². The highest BCUT2D eigenvalue weighted by Crippen LogP contribution is 2.30. The first kappa shape index (κ1) is 10.7. The van der Waals surface area contributed by atoms with Gasteiger partial charge in [-0.3, -0.25) is 0 Å². The van der Waals surface area contributed by atoms with E-state index in [4.69, 9.17) is 0 Å². The van der Waals surface area contributed by atoms with Crippen LogP contribution in [0, 0.1) is 5.21 Å². The third-order valence-electron chi connectivity index (χ3n) is 2.39. The van der Waals surface area contributed by atoms with Crippen LogP contribution in [0.25, 0.3) is 20.9 Å². The zero-order chi connectivity index (χ0) is 11.8. The second-order valence-corrected chi connectivity index (χ2v) is 5.49. The maximum absolute atomic E-state index is 11.6. The number of halogens is 1. The molecule has 3 nitrogen and oxygen atoms in total. The van der Waals surface area contributed by atoms with Crippen LogP contribution in [0.15, 0.2) is 47.1 Å².